The van der Waals surface area contributed by atoms with E-state index in [9.17, 15) is 9.18 Å². The second-order valence-corrected chi connectivity index (χ2v) is 5.59. The summed E-state index contributed by atoms with van der Waals surface area (Å²) in [6, 6.07) is 3.98. The largest absolute Gasteiger partial charge is 0.311 e. The molecule has 0 aromatic carbocycles. The lowest BCUT2D eigenvalue weighted by Gasteiger charge is -2.28. The van der Waals surface area contributed by atoms with Crippen molar-refractivity contribution in [1.29, 1.82) is 0 Å². The van der Waals surface area contributed by atoms with Crippen molar-refractivity contribution in [3.05, 3.63) is 24.1 Å². The third-order valence-corrected chi connectivity index (χ3v) is 4.04. The Bertz CT molecular complexity index is 460. The fourth-order valence-corrected chi connectivity index (χ4v) is 3.25. The van der Waals surface area contributed by atoms with E-state index in [1.165, 1.54) is 25.0 Å². The summed E-state index contributed by atoms with van der Waals surface area (Å²) in [7, 11) is 0. The molecule has 4 nitrogen and oxygen atoms in total. The van der Waals surface area contributed by atoms with Crippen molar-refractivity contribution in [2.75, 3.05) is 5.32 Å². The minimum Gasteiger partial charge on any atom is -0.311 e. The van der Waals surface area contributed by atoms with Gasteiger partial charge in [-0.3, -0.25) is 4.79 Å². The highest BCUT2D eigenvalue weighted by molar-refractivity contribution is 5.89. The maximum absolute atomic E-state index is 12.7. The summed E-state index contributed by atoms with van der Waals surface area (Å²) < 4.78 is 12.7. The molecule has 0 radical (unpaired) electrons. The lowest BCUT2D eigenvalue weighted by molar-refractivity contribution is -0.117. The third-order valence-electron chi connectivity index (χ3n) is 4.04. The summed E-state index contributed by atoms with van der Waals surface area (Å²) >= 11 is 0. The van der Waals surface area contributed by atoms with E-state index in [4.69, 9.17) is 0 Å². The Morgan fingerprint density at radius 1 is 1.29 bits per heavy atom. The van der Waals surface area contributed by atoms with Crippen LogP contribution in [-0.2, 0) is 4.79 Å². The number of carbonyl (C=O) groups is 1. The average Bonchev–Trinajstić information content (AvgIpc) is 2.72. The van der Waals surface area contributed by atoms with E-state index >= 15 is 0 Å². The van der Waals surface area contributed by atoms with Crippen LogP contribution in [0.5, 0.6) is 0 Å². The van der Waals surface area contributed by atoms with E-state index in [2.05, 4.69) is 15.6 Å². The first-order valence-electron chi connectivity index (χ1n) is 6.86. The Labute approximate surface area is 136 Å². The SMILES string of the molecule is Cl.Cl.O=C(CC1CC2CCC(C1)N2)Nc1ccc(F)cn1. The number of hydrogen-bond donors (Lipinski definition) is 2. The van der Waals surface area contributed by atoms with Gasteiger partial charge in [0.2, 0.25) is 5.91 Å². The van der Waals surface area contributed by atoms with E-state index < -0.39 is 5.82 Å². The summed E-state index contributed by atoms with van der Waals surface area (Å²) in [4.78, 5) is 15.8. The highest BCUT2D eigenvalue weighted by Gasteiger charge is 2.34. The number of hydrogen-bond acceptors (Lipinski definition) is 3. The van der Waals surface area contributed by atoms with Gasteiger partial charge in [-0.25, -0.2) is 9.37 Å². The van der Waals surface area contributed by atoms with Crippen molar-refractivity contribution in [1.82, 2.24) is 10.3 Å². The lowest BCUT2D eigenvalue weighted by Crippen LogP contribution is -2.39. The van der Waals surface area contributed by atoms with Gasteiger partial charge in [-0.05, 0) is 43.7 Å². The fraction of sp³-hybridized carbons (Fsp3) is 0.571. The molecule has 2 aliphatic rings. The molecule has 2 fully saturated rings. The average molecular weight is 336 g/mol. The van der Waals surface area contributed by atoms with Crippen molar-refractivity contribution < 1.29 is 9.18 Å². The first-order valence-corrected chi connectivity index (χ1v) is 6.86. The van der Waals surface area contributed by atoms with Gasteiger partial charge in [-0.15, -0.1) is 24.8 Å². The zero-order chi connectivity index (χ0) is 13.2. The molecule has 3 heterocycles. The molecule has 0 saturated carbocycles. The summed E-state index contributed by atoms with van der Waals surface area (Å²) in [6.07, 6.45) is 6.29. The molecule has 2 bridgehead atoms. The molecule has 2 aliphatic heterocycles. The standard InChI is InChI=1S/C14H18FN3O.2ClH/c15-10-1-4-13(16-8-10)18-14(19)7-9-5-11-2-3-12(6-9)17-11;;/h1,4,8-9,11-12,17H,2-3,5-7H2,(H,16,18,19);2*1H. The van der Waals surface area contributed by atoms with E-state index in [-0.39, 0.29) is 30.7 Å². The van der Waals surface area contributed by atoms with Crippen LogP contribution in [0.4, 0.5) is 10.2 Å². The molecule has 0 spiro atoms. The van der Waals surface area contributed by atoms with Crippen LogP contribution in [0.1, 0.15) is 32.1 Å². The Morgan fingerprint density at radius 2 is 1.95 bits per heavy atom. The van der Waals surface area contributed by atoms with Crippen LogP contribution < -0.4 is 10.6 Å². The molecule has 2 unspecified atom stereocenters. The molecule has 118 valence electrons. The van der Waals surface area contributed by atoms with Crippen molar-refractivity contribution in [2.24, 2.45) is 5.92 Å². The van der Waals surface area contributed by atoms with Gasteiger partial charge in [0.25, 0.3) is 0 Å². The van der Waals surface area contributed by atoms with Crippen LogP contribution in [0.15, 0.2) is 18.3 Å². The quantitative estimate of drug-likeness (QED) is 0.892. The fourth-order valence-electron chi connectivity index (χ4n) is 3.25. The maximum atomic E-state index is 12.7. The van der Waals surface area contributed by atoms with Crippen LogP contribution in [0.25, 0.3) is 0 Å². The number of aromatic nitrogens is 1. The Hall–Kier alpha value is -0.910. The normalized spacial score (nSPS) is 26.4. The Morgan fingerprint density at radius 3 is 2.52 bits per heavy atom. The topological polar surface area (TPSA) is 54.0 Å². The first-order chi connectivity index (χ1) is 9.19. The molecule has 2 saturated heterocycles. The second-order valence-electron chi connectivity index (χ2n) is 5.59. The van der Waals surface area contributed by atoms with E-state index in [1.807, 2.05) is 0 Å². The summed E-state index contributed by atoms with van der Waals surface area (Å²) in [6.45, 7) is 0. The monoisotopic (exact) mass is 335 g/mol. The molecule has 21 heavy (non-hydrogen) atoms. The molecule has 0 aliphatic carbocycles. The zero-order valence-corrected chi connectivity index (χ0v) is 13.2. The number of pyridine rings is 1. The summed E-state index contributed by atoms with van der Waals surface area (Å²) in [5.41, 5.74) is 0. The van der Waals surface area contributed by atoms with Gasteiger partial charge in [0.15, 0.2) is 0 Å². The number of fused-ring (bicyclic) bond motifs is 2. The number of nitrogens with one attached hydrogen (secondary N) is 2. The van der Waals surface area contributed by atoms with Gasteiger partial charge in [0.1, 0.15) is 11.6 Å². The highest BCUT2D eigenvalue weighted by Crippen LogP contribution is 2.32. The number of anilines is 1. The van der Waals surface area contributed by atoms with Crippen LogP contribution in [0, 0.1) is 11.7 Å². The van der Waals surface area contributed by atoms with Crippen LogP contribution in [-0.4, -0.2) is 23.0 Å². The molecule has 1 aromatic heterocycles. The van der Waals surface area contributed by atoms with Crippen molar-refractivity contribution in [3.8, 4) is 0 Å². The minimum atomic E-state index is -0.395. The van der Waals surface area contributed by atoms with Crippen molar-refractivity contribution >= 4 is 36.5 Å². The molecule has 1 amide bonds. The van der Waals surface area contributed by atoms with Crippen LogP contribution in [0.3, 0.4) is 0 Å². The third kappa shape index (κ3) is 4.80. The Balaban J connectivity index is 0.00000110. The summed E-state index contributed by atoms with van der Waals surface area (Å²) in [5, 5.41) is 6.29. The van der Waals surface area contributed by atoms with E-state index in [0.29, 0.717) is 30.2 Å². The number of nitrogens with zero attached hydrogens (tertiary/aromatic N) is 1. The van der Waals surface area contributed by atoms with Gasteiger partial charge < -0.3 is 10.6 Å². The van der Waals surface area contributed by atoms with Gasteiger partial charge in [-0.2, -0.15) is 0 Å². The van der Waals surface area contributed by atoms with E-state index in [0.717, 1.165) is 19.0 Å². The predicted molar refractivity (Wildman–Crippen MR) is 84.6 cm³/mol. The van der Waals surface area contributed by atoms with Crippen LogP contribution >= 0.6 is 24.8 Å². The predicted octanol–water partition coefficient (Wildman–Crippen LogP) is 2.92. The molecular formula is C14H20Cl2FN3O. The molecule has 7 heteroatoms. The number of amides is 1. The van der Waals surface area contributed by atoms with E-state index in [1.54, 1.807) is 0 Å². The highest BCUT2D eigenvalue weighted by atomic mass is 35.5. The second kappa shape index (κ2) is 7.92. The smallest absolute Gasteiger partial charge is 0.225 e. The maximum Gasteiger partial charge on any atom is 0.225 e. The molecule has 2 atom stereocenters. The molecular weight excluding hydrogens is 316 g/mol. The number of carbonyl (C=O) groups excluding carboxylic acids is 1. The lowest BCUT2D eigenvalue weighted by atomic mass is 9.89. The first kappa shape index (κ1) is 18.1. The van der Waals surface area contributed by atoms with Crippen molar-refractivity contribution in [3.63, 3.8) is 0 Å². The molecule has 2 N–H and O–H groups in total. The summed E-state index contributed by atoms with van der Waals surface area (Å²) in [5.74, 6) is 0.459. The van der Waals surface area contributed by atoms with Crippen LogP contribution in [0.2, 0.25) is 0 Å². The molecule has 1 aromatic rings. The zero-order valence-electron chi connectivity index (χ0n) is 11.5. The number of halogens is 3. The van der Waals surface area contributed by atoms with Gasteiger partial charge in [-0.1, -0.05) is 0 Å². The van der Waals surface area contributed by atoms with Gasteiger partial charge in [0, 0.05) is 18.5 Å². The number of rotatable bonds is 3. The van der Waals surface area contributed by atoms with Gasteiger partial charge in [0.05, 0.1) is 6.20 Å². The van der Waals surface area contributed by atoms with Gasteiger partial charge >= 0.3 is 0 Å². The minimum absolute atomic E-state index is 0. The van der Waals surface area contributed by atoms with Crippen molar-refractivity contribution in [2.45, 2.75) is 44.2 Å². The molecule has 3 rings (SSSR count). The number of piperidine rings is 1. The Kier molecular flexibility index (Phi) is 6.84.